The maximum Gasteiger partial charge on any atom is 0.338 e. The van der Waals surface area contributed by atoms with E-state index in [2.05, 4.69) is 4.74 Å². The van der Waals surface area contributed by atoms with Crippen LogP contribution in [0.4, 0.5) is 0 Å². The van der Waals surface area contributed by atoms with Gasteiger partial charge in [-0.1, -0.05) is 6.07 Å². The molecule has 15 heavy (non-hydrogen) atoms. The number of hydrogen-bond acceptors (Lipinski definition) is 4. The number of hydrogen-bond donors (Lipinski definition) is 1. The maximum absolute atomic E-state index is 11.3. The van der Waals surface area contributed by atoms with Crippen molar-refractivity contribution >= 4 is 5.97 Å². The largest absolute Gasteiger partial charge is 0.491 e. The molecule has 1 rings (SSSR count). The Morgan fingerprint density at radius 1 is 1.47 bits per heavy atom. The summed E-state index contributed by atoms with van der Waals surface area (Å²) in [4.78, 5) is 11.3. The van der Waals surface area contributed by atoms with E-state index in [0.717, 1.165) is 5.56 Å². The Balaban J connectivity index is 2.95. The second-order valence-corrected chi connectivity index (χ2v) is 2.99. The summed E-state index contributed by atoms with van der Waals surface area (Å²) < 4.78 is 9.90. The summed E-state index contributed by atoms with van der Waals surface area (Å²) in [7, 11) is 1.34. The van der Waals surface area contributed by atoms with Crippen LogP contribution in [0.15, 0.2) is 18.2 Å². The van der Waals surface area contributed by atoms with Crippen LogP contribution in [-0.4, -0.2) is 31.4 Å². The zero-order valence-corrected chi connectivity index (χ0v) is 8.82. The van der Waals surface area contributed by atoms with E-state index in [9.17, 15) is 4.79 Å². The fourth-order valence-electron chi connectivity index (χ4n) is 1.26. The molecule has 1 aromatic carbocycles. The van der Waals surface area contributed by atoms with Gasteiger partial charge in [-0.2, -0.15) is 0 Å². The molecule has 0 unspecified atom stereocenters. The second kappa shape index (κ2) is 5.36. The van der Waals surface area contributed by atoms with Crippen LogP contribution in [-0.2, 0) is 4.74 Å². The lowest BCUT2D eigenvalue weighted by Gasteiger charge is -2.10. The fourth-order valence-corrected chi connectivity index (χ4v) is 1.26. The summed E-state index contributed by atoms with van der Waals surface area (Å²) in [5.41, 5.74) is 1.20. The molecule has 0 aromatic heterocycles. The van der Waals surface area contributed by atoms with Gasteiger partial charge in [-0.25, -0.2) is 4.79 Å². The van der Waals surface area contributed by atoms with E-state index >= 15 is 0 Å². The van der Waals surface area contributed by atoms with Gasteiger partial charge >= 0.3 is 5.97 Å². The first-order valence-electron chi connectivity index (χ1n) is 4.62. The summed E-state index contributed by atoms with van der Waals surface area (Å²) in [6, 6.07) is 5.14. The zero-order valence-electron chi connectivity index (χ0n) is 8.82. The second-order valence-electron chi connectivity index (χ2n) is 2.99. The summed E-state index contributed by atoms with van der Waals surface area (Å²) in [5.74, 6) is 0.203. The third kappa shape index (κ3) is 2.70. The summed E-state index contributed by atoms with van der Waals surface area (Å²) in [6.07, 6.45) is 0. The zero-order chi connectivity index (χ0) is 11.3. The summed E-state index contributed by atoms with van der Waals surface area (Å²) >= 11 is 0. The van der Waals surface area contributed by atoms with Gasteiger partial charge in [-0.05, 0) is 19.1 Å². The number of benzene rings is 1. The quantitative estimate of drug-likeness (QED) is 0.757. The number of aliphatic hydroxyl groups excluding tert-OH is 1. The molecule has 1 aromatic rings. The average molecular weight is 210 g/mol. The number of carbonyl (C=O) groups is 1. The van der Waals surface area contributed by atoms with Gasteiger partial charge in [-0.15, -0.1) is 0 Å². The predicted molar refractivity (Wildman–Crippen MR) is 55.1 cm³/mol. The normalized spacial score (nSPS) is 9.80. The van der Waals surface area contributed by atoms with E-state index in [-0.39, 0.29) is 19.2 Å². The predicted octanol–water partition coefficient (Wildman–Crippen LogP) is 1.15. The molecule has 0 aliphatic carbocycles. The van der Waals surface area contributed by atoms with Crippen molar-refractivity contribution in [2.45, 2.75) is 6.92 Å². The Bertz CT molecular complexity index is 346. The van der Waals surface area contributed by atoms with Crippen LogP contribution in [0.5, 0.6) is 5.75 Å². The monoisotopic (exact) mass is 210 g/mol. The topological polar surface area (TPSA) is 55.8 Å². The van der Waals surface area contributed by atoms with Gasteiger partial charge in [0.1, 0.15) is 12.4 Å². The summed E-state index contributed by atoms with van der Waals surface area (Å²) in [6.45, 7) is 1.94. The fraction of sp³-hybridized carbons (Fsp3) is 0.364. The van der Waals surface area contributed by atoms with Crippen molar-refractivity contribution in [3.05, 3.63) is 29.3 Å². The lowest BCUT2D eigenvalue weighted by Crippen LogP contribution is -2.07. The molecule has 0 fully saturated rings. The Morgan fingerprint density at radius 2 is 2.20 bits per heavy atom. The number of carbonyl (C=O) groups excluding carboxylic acids is 1. The molecular formula is C11H14O4. The highest BCUT2D eigenvalue weighted by molar-refractivity contribution is 5.91. The molecule has 0 saturated carbocycles. The third-order valence-corrected chi connectivity index (χ3v) is 2.04. The van der Waals surface area contributed by atoms with Gasteiger partial charge in [0.25, 0.3) is 0 Å². The Labute approximate surface area is 88.4 Å². The van der Waals surface area contributed by atoms with E-state index in [1.54, 1.807) is 25.1 Å². The van der Waals surface area contributed by atoms with Crippen molar-refractivity contribution < 1.29 is 19.4 Å². The Morgan fingerprint density at radius 3 is 2.80 bits per heavy atom. The number of esters is 1. The lowest BCUT2D eigenvalue weighted by molar-refractivity contribution is 0.0599. The molecule has 0 radical (unpaired) electrons. The van der Waals surface area contributed by atoms with Gasteiger partial charge in [0.15, 0.2) is 0 Å². The minimum absolute atomic E-state index is 0.0537. The molecule has 0 spiro atoms. The molecule has 82 valence electrons. The van der Waals surface area contributed by atoms with E-state index in [4.69, 9.17) is 9.84 Å². The highest BCUT2D eigenvalue weighted by Gasteiger charge is 2.12. The van der Waals surface area contributed by atoms with Crippen LogP contribution in [0, 0.1) is 6.92 Å². The SMILES string of the molecule is COC(=O)c1cccc(OCCO)c1C. The first-order chi connectivity index (χ1) is 7.20. The summed E-state index contributed by atoms with van der Waals surface area (Å²) in [5, 5.41) is 8.63. The molecule has 0 aliphatic rings. The standard InChI is InChI=1S/C11H14O4/c1-8-9(11(13)14-2)4-3-5-10(8)15-7-6-12/h3-5,12H,6-7H2,1-2H3. The first kappa shape index (κ1) is 11.5. The lowest BCUT2D eigenvalue weighted by atomic mass is 10.1. The van der Waals surface area contributed by atoms with E-state index in [1.165, 1.54) is 7.11 Å². The molecule has 4 nitrogen and oxygen atoms in total. The first-order valence-corrected chi connectivity index (χ1v) is 4.62. The van der Waals surface area contributed by atoms with Crippen LogP contribution < -0.4 is 4.74 Å². The van der Waals surface area contributed by atoms with Gasteiger partial charge in [-0.3, -0.25) is 0 Å². The van der Waals surface area contributed by atoms with Gasteiger partial charge in [0, 0.05) is 5.56 Å². The number of methoxy groups -OCH3 is 1. The Hall–Kier alpha value is -1.55. The van der Waals surface area contributed by atoms with Crippen molar-refractivity contribution in [2.75, 3.05) is 20.3 Å². The Kier molecular flexibility index (Phi) is 4.12. The van der Waals surface area contributed by atoms with Crippen LogP contribution in [0.25, 0.3) is 0 Å². The smallest absolute Gasteiger partial charge is 0.338 e. The molecular weight excluding hydrogens is 196 g/mol. The van der Waals surface area contributed by atoms with E-state index in [1.807, 2.05) is 0 Å². The molecule has 1 N–H and O–H groups in total. The minimum atomic E-state index is -0.387. The van der Waals surface area contributed by atoms with Crippen LogP contribution in [0.2, 0.25) is 0 Å². The van der Waals surface area contributed by atoms with Gasteiger partial charge < -0.3 is 14.6 Å². The molecule has 0 aliphatic heterocycles. The average Bonchev–Trinajstić information content (AvgIpc) is 2.27. The number of aliphatic hydroxyl groups is 1. The minimum Gasteiger partial charge on any atom is -0.491 e. The van der Waals surface area contributed by atoms with Crippen molar-refractivity contribution in [3.8, 4) is 5.75 Å². The van der Waals surface area contributed by atoms with E-state index in [0.29, 0.717) is 11.3 Å². The van der Waals surface area contributed by atoms with Crippen molar-refractivity contribution in [3.63, 3.8) is 0 Å². The maximum atomic E-state index is 11.3. The molecule has 0 atom stereocenters. The van der Waals surface area contributed by atoms with E-state index < -0.39 is 0 Å². The van der Waals surface area contributed by atoms with Crippen LogP contribution in [0.1, 0.15) is 15.9 Å². The number of rotatable bonds is 4. The molecule has 4 heteroatoms. The molecule has 0 heterocycles. The van der Waals surface area contributed by atoms with Gasteiger partial charge in [0.2, 0.25) is 0 Å². The molecule has 0 amide bonds. The van der Waals surface area contributed by atoms with Crippen molar-refractivity contribution in [2.24, 2.45) is 0 Å². The van der Waals surface area contributed by atoms with Crippen LogP contribution >= 0.6 is 0 Å². The highest BCUT2D eigenvalue weighted by Crippen LogP contribution is 2.21. The van der Waals surface area contributed by atoms with Crippen LogP contribution in [0.3, 0.4) is 0 Å². The number of ether oxygens (including phenoxy) is 2. The molecule has 0 saturated heterocycles. The van der Waals surface area contributed by atoms with Gasteiger partial charge in [0.05, 0.1) is 19.3 Å². The third-order valence-electron chi connectivity index (χ3n) is 2.04. The van der Waals surface area contributed by atoms with Crippen molar-refractivity contribution in [1.82, 2.24) is 0 Å². The molecule has 0 bridgehead atoms. The van der Waals surface area contributed by atoms with Crippen molar-refractivity contribution in [1.29, 1.82) is 0 Å². The highest BCUT2D eigenvalue weighted by atomic mass is 16.5.